The molecule has 1 N–H and O–H groups in total. The van der Waals surface area contributed by atoms with Gasteiger partial charge in [0.15, 0.2) is 5.69 Å². The molecule has 0 atom stereocenters. The Morgan fingerprint density at radius 1 is 1.19 bits per heavy atom. The van der Waals surface area contributed by atoms with Gasteiger partial charge in [0.05, 0.1) is 12.7 Å². The van der Waals surface area contributed by atoms with Crippen molar-refractivity contribution < 1.29 is 9.32 Å². The van der Waals surface area contributed by atoms with E-state index in [1.807, 2.05) is 6.07 Å². The summed E-state index contributed by atoms with van der Waals surface area (Å²) in [5.41, 5.74) is 1.57. The van der Waals surface area contributed by atoms with Crippen LogP contribution in [-0.4, -0.2) is 47.6 Å². The molecule has 0 unspecified atom stereocenters. The van der Waals surface area contributed by atoms with Crippen molar-refractivity contribution in [3.63, 3.8) is 0 Å². The summed E-state index contributed by atoms with van der Waals surface area (Å²) in [7, 11) is 0. The van der Waals surface area contributed by atoms with Crippen LogP contribution in [0, 0.1) is 0 Å². The van der Waals surface area contributed by atoms with E-state index in [4.69, 9.17) is 4.52 Å². The number of nitrogens with one attached hydrogen (secondary N) is 1. The summed E-state index contributed by atoms with van der Waals surface area (Å²) in [6, 6.07) is 8.79. The second-order valence-electron chi connectivity index (χ2n) is 5.50. The van der Waals surface area contributed by atoms with Crippen LogP contribution in [0.25, 0.3) is 23.0 Å². The maximum atomic E-state index is 11.9. The maximum absolute atomic E-state index is 11.9. The van der Waals surface area contributed by atoms with Gasteiger partial charge in [0.1, 0.15) is 5.69 Å². The van der Waals surface area contributed by atoms with Crippen molar-refractivity contribution in [3.8, 4) is 23.0 Å². The minimum Gasteiger partial charge on any atom is -0.349 e. The fourth-order valence-electron chi connectivity index (χ4n) is 2.32. The van der Waals surface area contributed by atoms with Crippen molar-refractivity contribution in [2.75, 3.05) is 6.54 Å². The van der Waals surface area contributed by atoms with Gasteiger partial charge in [0, 0.05) is 30.7 Å². The number of amides is 1. The third-order valence-electron chi connectivity index (χ3n) is 3.63. The lowest BCUT2D eigenvalue weighted by atomic mass is 10.3. The largest absolute Gasteiger partial charge is 0.349 e. The lowest BCUT2D eigenvalue weighted by molar-refractivity contribution is 0.0947. The number of nitrogens with zero attached hydrogens (tertiary/aromatic N) is 7. The summed E-state index contributed by atoms with van der Waals surface area (Å²) in [6.07, 6.45) is 6.56. The average molecular weight is 362 g/mol. The molecule has 10 heteroatoms. The SMILES string of the molecule is O=C(NCCn1cc(-c2nc(-c3cccnc3)no2)nn1)c1ccccn1. The lowest BCUT2D eigenvalue weighted by Crippen LogP contribution is -2.28. The van der Waals surface area contributed by atoms with Gasteiger partial charge in [0.2, 0.25) is 5.82 Å². The molecule has 0 aliphatic carbocycles. The van der Waals surface area contributed by atoms with Crippen molar-refractivity contribution in [2.45, 2.75) is 6.54 Å². The van der Waals surface area contributed by atoms with Crippen molar-refractivity contribution in [1.29, 1.82) is 0 Å². The molecular weight excluding hydrogens is 348 g/mol. The first kappa shape index (κ1) is 16.5. The summed E-state index contributed by atoms with van der Waals surface area (Å²) in [5.74, 6) is 0.446. The van der Waals surface area contributed by atoms with Gasteiger partial charge in [-0.15, -0.1) is 5.10 Å². The summed E-state index contributed by atoms with van der Waals surface area (Å²) in [6.45, 7) is 0.818. The molecule has 0 saturated carbocycles. The third kappa shape index (κ3) is 3.84. The van der Waals surface area contributed by atoms with E-state index in [2.05, 4.69) is 35.7 Å². The highest BCUT2D eigenvalue weighted by Gasteiger charge is 2.14. The Morgan fingerprint density at radius 3 is 2.96 bits per heavy atom. The van der Waals surface area contributed by atoms with Crippen molar-refractivity contribution >= 4 is 5.91 Å². The van der Waals surface area contributed by atoms with Crippen LogP contribution < -0.4 is 5.32 Å². The molecule has 10 nitrogen and oxygen atoms in total. The smallest absolute Gasteiger partial charge is 0.280 e. The van der Waals surface area contributed by atoms with Gasteiger partial charge in [-0.25, -0.2) is 4.68 Å². The molecule has 0 saturated heterocycles. The molecule has 0 aliphatic heterocycles. The average Bonchev–Trinajstić information content (AvgIpc) is 3.39. The Kier molecular flexibility index (Phi) is 4.60. The van der Waals surface area contributed by atoms with E-state index in [-0.39, 0.29) is 11.8 Å². The zero-order valence-electron chi connectivity index (χ0n) is 14.1. The number of hydrogen-bond donors (Lipinski definition) is 1. The molecule has 0 fully saturated rings. The van der Waals surface area contributed by atoms with Crippen LogP contribution in [-0.2, 0) is 6.54 Å². The summed E-state index contributed by atoms with van der Waals surface area (Å²) >= 11 is 0. The first-order valence-electron chi connectivity index (χ1n) is 8.13. The minimum absolute atomic E-state index is 0.242. The molecule has 4 rings (SSSR count). The molecule has 0 spiro atoms. The Labute approximate surface area is 153 Å². The Hall–Kier alpha value is -3.95. The molecular formula is C17H14N8O2. The quantitative estimate of drug-likeness (QED) is 0.543. The van der Waals surface area contributed by atoms with Gasteiger partial charge in [-0.2, -0.15) is 4.98 Å². The van der Waals surface area contributed by atoms with Gasteiger partial charge in [-0.3, -0.25) is 14.8 Å². The highest BCUT2D eigenvalue weighted by Crippen LogP contribution is 2.19. The normalized spacial score (nSPS) is 10.7. The van der Waals surface area contributed by atoms with Gasteiger partial charge < -0.3 is 9.84 Å². The van der Waals surface area contributed by atoms with E-state index in [0.717, 1.165) is 5.56 Å². The summed E-state index contributed by atoms with van der Waals surface area (Å²) < 4.78 is 6.82. The van der Waals surface area contributed by atoms with Gasteiger partial charge >= 0.3 is 0 Å². The molecule has 4 heterocycles. The van der Waals surface area contributed by atoms with Crippen LogP contribution in [0.3, 0.4) is 0 Å². The van der Waals surface area contributed by atoms with E-state index < -0.39 is 0 Å². The zero-order valence-corrected chi connectivity index (χ0v) is 14.1. The number of pyridine rings is 2. The first-order valence-corrected chi connectivity index (χ1v) is 8.13. The van der Waals surface area contributed by atoms with Crippen LogP contribution >= 0.6 is 0 Å². The number of rotatable bonds is 6. The van der Waals surface area contributed by atoms with Crippen LogP contribution in [0.5, 0.6) is 0 Å². The summed E-state index contributed by atoms with van der Waals surface area (Å²) in [5, 5.41) is 14.7. The predicted molar refractivity (Wildman–Crippen MR) is 93.1 cm³/mol. The van der Waals surface area contributed by atoms with E-state index in [9.17, 15) is 4.79 Å². The Bertz CT molecular complexity index is 1030. The van der Waals surface area contributed by atoms with E-state index >= 15 is 0 Å². The van der Waals surface area contributed by atoms with E-state index in [1.54, 1.807) is 53.7 Å². The minimum atomic E-state index is -0.242. The van der Waals surface area contributed by atoms with Crippen LogP contribution in [0.4, 0.5) is 0 Å². The predicted octanol–water partition coefficient (Wildman–Crippen LogP) is 1.22. The summed E-state index contributed by atoms with van der Waals surface area (Å²) in [4.78, 5) is 24.3. The maximum Gasteiger partial charge on any atom is 0.280 e. The molecule has 4 aromatic heterocycles. The van der Waals surface area contributed by atoms with Gasteiger partial charge in [-0.05, 0) is 24.3 Å². The van der Waals surface area contributed by atoms with Crippen LogP contribution in [0.15, 0.2) is 59.6 Å². The number of aromatic nitrogens is 7. The fraction of sp³-hybridized carbons (Fsp3) is 0.118. The molecule has 0 aliphatic rings. The molecule has 0 radical (unpaired) electrons. The fourth-order valence-corrected chi connectivity index (χ4v) is 2.32. The molecule has 134 valence electrons. The van der Waals surface area contributed by atoms with Crippen molar-refractivity contribution in [3.05, 3.63) is 60.8 Å². The van der Waals surface area contributed by atoms with Crippen molar-refractivity contribution in [2.24, 2.45) is 0 Å². The second kappa shape index (κ2) is 7.52. The Balaban J connectivity index is 1.36. The van der Waals surface area contributed by atoms with E-state index in [0.29, 0.717) is 30.3 Å². The molecule has 0 bridgehead atoms. The molecule has 0 aromatic carbocycles. The topological polar surface area (TPSA) is 125 Å². The third-order valence-corrected chi connectivity index (χ3v) is 3.63. The number of carbonyl (C=O) groups is 1. The van der Waals surface area contributed by atoms with Crippen molar-refractivity contribution in [1.82, 2.24) is 40.4 Å². The standard InChI is InChI=1S/C17H14N8O2/c26-16(13-5-1-2-7-19-13)20-8-9-25-11-14(22-24-25)17-21-15(23-27-17)12-4-3-6-18-10-12/h1-7,10-11H,8-9H2,(H,20,26). The monoisotopic (exact) mass is 362 g/mol. The Morgan fingerprint density at radius 2 is 2.15 bits per heavy atom. The highest BCUT2D eigenvalue weighted by atomic mass is 16.5. The van der Waals surface area contributed by atoms with Gasteiger partial charge in [-0.1, -0.05) is 16.4 Å². The van der Waals surface area contributed by atoms with E-state index in [1.165, 1.54) is 0 Å². The first-order chi connectivity index (χ1) is 13.3. The number of carbonyl (C=O) groups excluding carboxylic acids is 1. The molecule has 1 amide bonds. The second-order valence-corrected chi connectivity index (χ2v) is 5.50. The lowest BCUT2D eigenvalue weighted by Gasteiger charge is -2.03. The van der Waals surface area contributed by atoms with Gasteiger partial charge in [0.25, 0.3) is 11.8 Å². The van der Waals surface area contributed by atoms with Crippen LogP contribution in [0.1, 0.15) is 10.5 Å². The van der Waals surface area contributed by atoms with Crippen LogP contribution in [0.2, 0.25) is 0 Å². The zero-order chi connectivity index (χ0) is 18.5. The number of hydrogen-bond acceptors (Lipinski definition) is 8. The molecule has 4 aromatic rings. The molecule has 27 heavy (non-hydrogen) atoms. The highest BCUT2D eigenvalue weighted by molar-refractivity contribution is 5.92.